The van der Waals surface area contributed by atoms with Crippen LogP contribution < -0.4 is 24.5 Å². The lowest BCUT2D eigenvalue weighted by Gasteiger charge is -2.45. The van der Waals surface area contributed by atoms with E-state index in [2.05, 4.69) is 0 Å². The van der Waals surface area contributed by atoms with Gasteiger partial charge < -0.3 is 24.5 Å². The topological polar surface area (TPSA) is 139 Å². The third-order valence-electron chi connectivity index (χ3n) is 0.835. The molecule has 0 saturated carbocycles. The minimum absolute atomic E-state index is 0.703. The third kappa shape index (κ3) is 8.67. The van der Waals surface area contributed by atoms with E-state index < -0.39 is 28.5 Å². The number of nitrogens with zero attached hydrogens (tertiary/aromatic N) is 1. The van der Waals surface area contributed by atoms with E-state index in [1.807, 2.05) is 0 Å². The van der Waals surface area contributed by atoms with Gasteiger partial charge in [-0.15, -0.1) is 7.94 Å². The first-order chi connectivity index (χ1) is 5.10. The molecule has 0 heterocycles. The Hall–Kier alpha value is 0.580. The Morgan fingerprint density at radius 1 is 1.08 bits per heavy atom. The van der Waals surface area contributed by atoms with Crippen molar-refractivity contribution in [1.29, 1.82) is 0 Å². The molecule has 0 saturated heterocycles. The van der Waals surface area contributed by atoms with E-state index >= 15 is 0 Å². The van der Waals surface area contributed by atoms with Crippen LogP contribution in [-0.4, -0.2) is 29.4 Å². The average Bonchev–Trinajstić information content (AvgIpc) is 1.49. The largest absolute Gasteiger partial charge is 0.687 e. The predicted molar refractivity (Wildman–Crippen MR) is 33.6 cm³/mol. The standard InChI is InChI=1S/C3H11NO6P2/c1-4(2-11(5,6)7)3-12(8,9)10/h2-3H2,1H3,(H2,5,6,7)(H2,8,9,10)/p-3. The Bertz CT molecular complexity index is 125. The maximum Gasteiger partial charge on any atom is 0.131 e. The Balaban J connectivity index is 3.83. The van der Waals surface area contributed by atoms with E-state index in [9.17, 15) is 24.5 Å². The summed E-state index contributed by atoms with van der Waals surface area (Å²) in [5.41, 5.74) is 0. The van der Waals surface area contributed by atoms with Gasteiger partial charge in [-0.2, -0.15) is 0 Å². The maximum absolute atomic E-state index is 10.2. The van der Waals surface area contributed by atoms with Crippen molar-refractivity contribution in [2.45, 2.75) is 0 Å². The van der Waals surface area contributed by atoms with Crippen molar-refractivity contribution in [3.63, 3.8) is 0 Å². The third-order valence-corrected chi connectivity index (χ3v) is 2.50. The number of hydrogen-bond donors (Lipinski definition) is 1. The van der Waals surface area contributed by atoms with Crippen molar-refractivity contribution in [1.82, 2.24) is 4.90 Å². The van der Waals surface area contributed by atoms with Gasteiger partial charge in [0.2, 0.25) is 0 Å². The normalized spacial score (nSPS) is 14.0. The maximum atomic E-state index is 10.2. The fourth-order valence-electron chi connectivity index (χ4n) is 0.645. The summed E-state index contributed by atoms with van der Waals surface area (Å²) < 4.78 is 0. The van der Waals surface area contributed by atoms with E-state index in [4.69, 9.17) is 4.89 Å². The molecule has 0 atom stereocenters. The summed E-state index contributed by atoms with van der Waals surface area (Å²) in [7, 11) is -8.18. The van der Waals surface area contributed by atoms with Gasteiger partial charge in [-0.05, 0) is 7.05 Å². The van der Waals surface area contributed by atoms with Gasteiger partial charge in [0.25, 0.3) is 0 Å². The first kappa shape index (κ1) is 12.6. The van der Waals surface area contributed by atoms with Crippen LogP contribution in [0.1, 0.15) is 0 Å². The van der Waals surface area contributed by atoms with Crippen molar-refractivity contribution in [2.24, 2.45) is 0 Å². The molecule has 0 aromatic carbocycles. The Labute approximate surface area is 70.7 Å². The molecular formula is C3H8NO6P2-3. The van der Waals surface area contributed by atoms with Crippen LogP contribution in [-0.2, 0) is 0 Å². The molecule has 0 spiro atoms. The highest BCUT2D eigenvalue weighted by atomic mass is 31.2. The van der Waals surface area contributed by atoms with Gasteiger partial charge in [-0.1, -0.05) is 0 Å². The van der Waals surface area contributed by atoms with Gasteiger partial charge >= 0.3 is 0 Å². The molecule has 0 aromatic heterocycles. The zero-order valence-corrected chi connectivity index (χ0v) is 8.03. The summed E-state index contributed by atoms with van der Waals surface area (Å²) in [6.45, 7) is 0. The molecule has 0 fully saturated rings. The summed E-state index contributed by atoms with van der Waals surface area (Å²) >= 11 is 0. The number of rotatable bonds is 4. The number of hydrogen-bond acceptors (Lipinski definition) is 7. The molecule has 0 radical (unpaired) electrons. The Morgan fingerprint density at radius 2 is 1.50 bits per heavy atom. The lowest BCUT2D eigenvalue weighted by molar-refractivity contribution is -0.429. The summed E-state index contributed by atoms with van der Waals surface area (Å²) in [4.78, 5) is 59.6. The van der Waals surface area contributed by atoms with E-state index in [1.54, 1.807) is 0 Å². The van der Waals surface area contributed by atoms with Gasteiger partial charge in [0.15, 0.2) is 0 Å². The van der Waals surface area contributed by atoms with Crippen LogP contribution in [0.25, 0.3) is 0 Å². The molecule has 0 aliphatic carbocycles. The minimum Gasteiger partial charge on any atom is -0.687 e. The predicted octanol–water partition coefficient (Wildman–Crippen LogP) is -4.85. The molecule has 0 aromatic rings. The Morgan fingerprint density at radius 3 is 1.75 bits per heavy atom. The molecule has 0 amide bonds. The first-order valence-electron chi connectivity index (χ1n) is 2.82. The van der Waals surface area contributed by atoms with E-state index in [1.165, 1.54) is 0 Å². The van der Waals surface area contributed by atoms with Gasteiger partial charge in [0.1, 0.15) is 6.29 Å². The van der Waals surface area contributed by atoms with Crippen LogP contribution in [0.2, 0.25) is 0 Å². The summed E-state index contributed by atoms with van der Waals surface area (Å²) in [6.07, 6.45) is -1.76. The van der Waals surface area contributed by atoms with Gasteiger partial charge in [-0.3, -0.25) is 4.89 Å². The molecule has 0 bridgehead atoms. The van der Waals surface area contributed by atoms with Crippen LogP contribution >= 0.6 is 15.9 Å². The highest BCUT2D eigenvalue weighted by Gasteiger charge is 2.14. The van der Waals surface area contributed by atoms with Crippen molar-refractivity contribution in [3.05, 3.63) is 0 Å². The van der Waals surface area contributed by atoms with Gasteiger partial charge in [0, 0.05) is 0 Å². The lowest BCUT2D eigenvalue weighted by atomic mass is 11.0. The average molecular weight is 216 g/mol. The molecule has 0 unspecified atom stereocenters. The van der Waals surface area contributed by atoms with Crippen LogP contribution in [0.4, 0.5) is 0 Å². The fraction of sp³-hybridized carbons (Fsp3) is 1.00. The highest BCUT2D eigenvalue weighted by Crippen LogP contribution is 2.36. The molecule has 9 heteroatoms. The molecule has 74 valence electrons. The molecule has 7 nitrogen and oxygen atoms in total. The zero-order valence-electron chi connectivity index (χ0n) is 6.24. The van der Waals surface area contributed by atoms with E-state index in [-0.39, 0.29) is 0 Å². The second-order valence-electron chi connectivity index (χ2n) is 2.39. The Kier molecular flexibility index (Phi) is 4.40. The van der Waals surface area contributed by atoms with Crippen LogP contribution in [0.5, 0.6) is 0 Å². The van der Waals surface area contributed by atoms with E-state index in [0.29, 0.717) is 4.90 Å². The lowest BCUT2D eigenvalue weighted by Crippen LogP contribution is -2.42. The molecule has 1 N–H and O–H groups in total. The first-order valence-corrected chi connectivity index (χ1v) is 6.32. The monoisotopic (exact) mass is 216 g/mol. The minimum atomic E-state index is -4.75. The van der Waals surface area contributed by atoms with Crippen molar-refractivity contribution in [2.75, 3.05) is 19.6 Å². The molecule has 0 rings (SSSR count). The molecular weight excluding hydrogens is 208 g/mol. The summed E-state index contributed by atoms with van der Waals surface area (Å²) in [5.74, 6) is 0. The zero-order chi connectivity index (χ0) is 9.99. The highest BCUT2D eigenvalue weighted by molar-refractivity contribution is 7.56. The smallest absolute Gasteiger partial charge is 0.131 e. The quantitative estimate of drug-likeness (QED) is 0.464. The second-order valence-corrected chi connectivity index (χ2v) is 5.45. The molecule has 0 aliphatic rings. The van der Waals surface area contributed by atoms with Gasteiger partial charge in [-0.25, -0.2) is 4.90 Å². The molecule has 12 heavy (non-hydrogen) atoms. The van der Waals surface area contributed by atoms with E-state index in [0.717, 1.165) is 7.05 Å². The fourth-order valence-corrected chi connectivity index (χ4v) is 2.20. The van der Waals surface area contributed by atoms with Crippen molar-refractivity contribution >= 4 is 15.9 Å². The van der Waals surface area contributed by atoms with Crippen LogP contribution in [0.3, 0.4) is 0 Å². The van der Waals surface area contributed by atoms with Crippen LogP contribution in [0.15, 0.2) is 0 Å². The molecule has 0 aliphatic heterocycles. The SMILES string of the molecule is CN(C[P+]([O-])([O-])[O-])C[P+]([O-])([O-])O. The summed E-state index contributed by atoms with van der Waals surface area (Å²) in [5, 5.41) is 0. The second kappa shape index (κ2) is 4.19. The summed E-state index contributed by atoms with van der Waals surface area (Å²) in [6, 6.07) is 0. The van der Waals surface area contributed by atoms with Crippen molar-refractivity contribution < 1.29 is 29.4 Å². The van der Waals surface area contributed by atoms with Gasteiger partial charge in [0.05, 0.1) is 14.2 Å². The van der Waals surface area contributed by atoms with Crippen LogP contribution in [0, 0.1) is 0 Å². The van der Waals surface area contributed by atoms with Crippen molar-refractivity contribution in [3.8, 4) is 0 Å².